The topological polar surface area (TPSA) is 99.9 Å². The van der Waals surface area contributed by atoms with E-state index in [-0.39, 0.29) is 23.7 Å². The number of morpholine rings is 1. The molecular formula is C21H33N5O4. The molecule has 9 nitrogen and oxygen atoms in total. The van der Waals surface area contributed by atoms with Crippen molar-refractivity contribution in [2.75, 3.05) is 44.3 Å². The molecule has 3 aliphatic rings. The smallest absolute Gasteiger partial charge is 0.317 e. The van der Waals surface area contributed by atoms with Gasteiger partial charge in [-0.25, -0.2) is 9.48 Å². The second-order valence-corrected chi connectivity index (χ2v) is 8.52. The number of nitrogens with zero attached hydrogens (tertiary/aromatic N) is 4. The third kappa shape index (κ3) is 4.78. The molecule has 0 bridgehead atoms. The van der Waals surface area contributed by atoms with Gasteiger partial charge in [0.2, 0.25) is 0 Å². The second-order valence-electron chi connectivity index (χ2n) is 8.52. The molecular weight excluding hydrogens is 386 g/mol. The molecule has 3 atom stereocenters. The Kier molecular flexibility index (Phi) is 6.89. The molecule has 3 fully saturated rings. The number of hydrogen-bond acceptors (Lipinski definition) is 6. The fraction of sp³-hybridized carbons (Fsp3) is 0.762. The molecule has 0 spiro atoms. The number of urea groups is 1. The van der Waals surface area contributed by atoms with Crippen LogP contribution in [0.3, 0.4) is 0 Å². The summed E-state index contributed by atoms with van der Waals surface area (Å²) in [6, 6.07) is 3.17. The van der Waals surface area contributed by atoms with Crippen LogP contribution in [0.25, 0.3) is 0 Å². The molecule has 1 aliphatic carbocycles. The summed E-state index contributed by atoms with van der Waals surface area (Å²) >= 11 is 0. The van der Waals surface area contributed by atoms with Gasteiger partial charge in [-0.2, -0.15) is 5.10 Å². The summed E-state index contributed by atoms with van der Waals surface area (Å²) in [5, 5.41) is 18.1. The lowest BCUT2D eigenvalue weighted by Gasteiger charge is -2.38. The predicted molar refractivity (Wildman–Crippen MR) is 113 cm³/mol. The van der Waals surface area contributed by atoms with E-state index in [0.717, 1.165) is 50.9 Å². The van der Waals surface area contributed by atoms with Crippen molar-refractivity contribution in [3.8, 4) is 0 Å². The molecule has 2 N–H and O–H groups in total. The van der Waals surface area contributed by atoms with Gasteiger partial charge in [0.15, 0.2) is 0 Å². The standard InChI is InChI=1S/C21H33N5O4/c27-18-7-2-1-6-17(18)26-20(28)9-8-19(23-26)25-10-4-3-5-16(25)15-22-21(29)24-11-13-30-14-12-24/h8-9,16-18,27H,1-7,10-15H2,(H,22,29). The van der Waals surface area contributed by atoms with Crippen LogP contribution in [0.15, 0.2) is 16.9 Å². The van der Waals surface area contributed by atoms with Gasteiger partial charge in [-0.05, 0) is 38.2 Å². The Bertz CT molecular complexity index is 779. The quantitative estimate of drug-likeness (QED) is 0.759. The van der Waals surface area contributed by atoms with Crippen molar-refractivity contribution >= 4 is 11.8 Å². The molecule has 3 unspecified atom stereocenters. The van der Waals surface area contributed by atoms with Crippen LogP contribution in [0, 0.1) is 0 Å². The summed E-state index contributed by atoms with van der Waals surface area (Å²) in [4.78, 5) is 28.9. The van der Waals surface area contributed by atoms with E-state index in [2.05, 4.69) is 15.3 Å². The number of aliphatic hydroxyl groups excluding tert-OH is 1. The molecule has 0 radical (unpaired) electrons. The average molecular weight is 420 g/mol. The number of carbonyl (C=O) groups excluding carboxylic acids is 1. The number of ether oxygens (including phenoxy) is 1. The second kappa shape index (κ2) is 9.78. The van der Waals surface area contributed by atoms with Crippen molar-refractivity contribution < 1.29 is 14.6 Å². The summed E-state index contributed by atoms with van der Waals surface area (Å²) < 4.78 is 6.80. The molecule has 3 heterocycles. The summed E-state index contributed by atoms with van der Waals surface area (Å²) in [5.41, 5.74) is -0.168. The van der Waals surface area contributed by atoms with Crippen LogP contribution in [-0.2, 0) is 4.74 Å². The number of hydrogen-bond donors (Lipinski definition) is 2. The first-order valence-corrected chi connectivity index (χ1v) is 11.3. The van der Waals surface area contributed by atoms with Gasteiger partial charge in [0.25, 0.3) is 5.56 Å². The summed E-state index contributed by atoms with van der Waals surface area (Å²) in [7, 11) is 0. The van der Waals surface area contributed by atoms with Crippen LogP contribution in [0.5, 0.6) is 0 Å². The fourth-order valence-electron chi connectivity index (χ4n) is 4.78. The van der Waals surface area contributed by atoms with Crippen LogP contribution >= 0.6 is 0 Å². The molecule has 4 rings (SSSR count). The Morgan fingerprint density at radius 2 is 1.87 bits per heavy atom. The third-order valence-electron chi connectivity index (χ3n) is 6.53. The maximum atomic E-state index is 12.5. The van der Waals surface area contributed by atoms with Gasteiger partial charge in [-0.3, -0.25) is 4.79 Å². The number of aromatic nitrogens is 2. The van der Waals surface area contributed by atoms with E-state index in [4.69, 9.17) is 4.74 Å². The minimum absolute atomic E-state index is 0.0490. The van der Waals surface area contributed by atoms with Crippen LogP contribution in [0.1, 0.15) is 51.0 Å². The zero-order valence-corrected chi connectivity index (χ0v) is 17.5. The highest BCUT2D eigenvalue weighted by Crippen LogP contribution is 2.28. The van der Waals surface area contributed by atoms with Crippen LogP contribution in [0.2, 0.25) is 0 Å². The van der Waals surface area contributed by atoms with Crippen molar-refractivity contribution in [2.45, 2.75) is 63.1 Å². The molecule has 0 aromatic carbocycles. The Balaban J connectivity index is 1.46. The van der Waals surface area contributed by atoms with E-state index in [1.807, 2.05) is 0 Å². The van der Waals surface area contributed by atoms with Crippen molar-refractivity contribution in [3.63, 3.8) is 0 Å². The lowest BCUT2D eigenvalue weighted by molar-refractivity contribution is 0.0531. The van der Waals surface area contributed by atoms with Gasteiger partial charge in [0.05, 0.1) is 25.4 Å². The molecule has 2 saturated heterocycles. The highest BCUT2D eigenvalue weighted by atomic mass is 16.5. The minimum atomic E-state index is -0.524. The molecule has 1 aromatic rings. The lowest BCUT2D eigenvalue weighted by atomic mass is 9.93. The van der Waals surface area contributed by atoms with Gasteiger partial charge in [0.1, 0.15) is 5.82 Å². The molecule has 166 valence electrons. The van der Waals surface area contributed by atoms with Crippen LogP contribution in [-0.4, -0.2) is 77.4 Å². The SMILES string of the molecule is O=C(NCC1CCCCN1c1ccc(=O)n(C2CCCCC2O)n1)N1CCOCC1. The van der Waals surface area contributed by atoms with Crippen molar-refractivity contribution in [1.82, 2.24) is 20.0 Å². The van der Waals surface area contributed by atoms with Gasteiger partial charge in [-0.1, -0.05) is 12.8 Å². The fourth-order valence-corrected chi connectivity index (χ4v) is 4.78. The van der Waals surface area contributed by atoms with Crippen LogP contribution in [0.4, 0.5) is 10.6 Å². The highest BCUT2D eigenvalue weighted by Gasteiger charge is 2.29. The number of rotatable bonds is 4. The monoisotopic (exact) mass is 419 g/mol. The van der Waals surface area contributed by atoms with Crippen molar-refractivity contribution in [3.05, 3.63) is 22.5 Å². The zero-order chi connectivity index (χ0) is 20.9. The molecule has 1 saturated carbocycles. The van der Waals surface area contributed by atoms with Gasteiger partial charge >= 0.3 is 6.03 Å². The number of nitrogens with one attached hydrogen (secondary N) is 1. The van der Waals surface area contributed by atoms with Crippen molar-refractivity contribution in [1.29, 1.82) is 0 Å². The van der Waals surface area contributed by atoms with Gasteiger partial charge < -0.3 is 25.0 Å². The molecule has 9 heteroatoms. The summed E-state index contributed by atoms with van der Waals surface area (Å²) in [5.74, 6) is 0.748. The normalized spacial score (nSPS) is 27.7. The largest absolute Gasteiger partial charge is 0.391 e. The number of amides is 2. The number of piperidine rings is 1. The molecule has 2 aliphatic heterocycles. The van der Waals surface area contributed by atoms with E-state index in [0.29, 0.717) is 39.3 Å². The van der Waals surface area contributed by atoms with E-state index in [9.17, 15) is 14.7 Å². The lowest BCUT2D eigenvalue weighted by Crippen LogP contribution is -2.52. The summed E-state index contributed by atoms with van der Waals surface area (Å²) in [6.07, 6.45) is 6.08. The third-order valence-corrected chi connectivity index (χ3v) is 6.53. The van der Waals surface area contributed by atoms with Gasteiger partial charge in [0, 0.05) is 38.3 Å². The Labute approximate surface area is 177 Å². The molecule has 2 amide bonds. The Hall–Kier alpha value is -2.13. The predicted octanol–water partition coefficient (Wildman–Crippen LogP) is 1.12. The van der Waals surface area contributed by atoms with E-state index in [1.165, 1.54) is 4.68 Å². The maximum absolute atomic E-state index is 12.5. The first-order chi connectivity index (χ1) is 14.6. The van der Waals surface area contributed by atoms with Crippen molar-refractivity contribution in [2.24, 2.45) is 0 Å². The Morgan fingerprint density at radius 3 is 2.67 bits per heavy atom. The van der Waals surface area contributed by atoms with E-state index < -0.39 is 6.10 Å². The van der Waals surface area contributed by atoms with Crippen LogP contribution < -0.4 is 15.8 Å². The highest BCUT2D eigenvalue weighted by molar-refractivity contribution is 5.74. The maximum Gasteiger partial charge on any atom is 0.317 e. The average Bonchev–Trinajstić information content (AvgIpc) is 2.79. The van der Waals surface area contributed by atoms with E-state index in [1.54, 1.807) is 17.0 Å². The molecule has 30 heavy (non-hydrogen) atoms. The zero-order valence-electron chi connectivity index (χ0n) is 17.5. The van der Waals surface area contributed by atoms with E-state index >= 15 is 0 Å². The molecule has 1 aromatic heterocycles. The first-order valence-electron chi connectivity index (χ1n) is 11.3. The number of aliphatic hydroxyl groups is 1. The first kappa shape index (κ1) is 21.1. The summed E-state index contributed by atoms with van der Waals surface area (Å²) in [6.45, 7) is 3.80. The minimum Gasteiger partial charge on any atom is -0.391 e. The number of anilines is 1. The van der Waals surface area contributed by atoms with Gasteiger partial charge in [-0.15, -0.1) is 0 Å². The number of carbonyl (C=O) groups is 1. The Morgan fingerprint density at radius 1 is 1.10 bits per heavy atom.